The van der Waals surface area contributed by atoms with Crippen LogP contribution < -0.4 is 0 Å². The fourth-order valence-electron chi connectivity index (χ4n) is 0.728. The van der Waals surface area contributed by atoms with E-state index in [0.717, 1.165) is 13.0 Å². The van der Waals surface area contributed by atoms with Crippen molar-refractivity contribution in [2.24, 2.45) is 10.2 Å². The maximum Gasteiger partial charge on any atom is 0.363 e. The van der Waals surface area contributed by atoms with Crippen molar-refractivity contribution in [3.05, 3.63) is 0 Å². The van der Waals surface area contributed by atoms with E-state index >= 15 is 0 Å². The predicted molar refractivity (Wildman–Crippen MR) is 32.1 cm³/mol. The molecule has 0 unspecified atom stereocenters. The number of carbonyl (C=O) groups excluding carboxylic acids is 1. The van der Waals surface area contributed by atoms with Gasteiger partial charge in [0.15, 0.2) is 0 Å². The summed E-state index contributed by atoms with van der Waals surface area (Å²) in [5.74, 6) is 0. The first-order valence-corrected chi connectivity index (χ1v) is 3.01. The molecule has 1 heterocycles. The van der Waals surface area contributed by atoms with Crippen LogP contribution in [0.1, 0.15) is 13.3 Å². The lowest BCUT2D eigenvalue weighted by Crippen LogP contribution is -2.24. The molecule has 0 radical (unpaired) electrons. The van der Waals surface area contributed by atoms with E-state index in [1.54, 1.807) is 4.90 Å². The van der Waals surface area contributed by atoms with Crippen LogP contribution in [0.15, 0.2) is 10.2 Å². The Kier molecular flexibility index (Phi) is 1.77. The first-order valence-electron chi connectivity index (χ1n) is 3.01. The van der Waals surface area contributed by atoms with Gasteiger partial charge >= 0.3 is 6.03 Å². The van der Waals surface area contributed by atoms with Gasteiger partial charge in [0.25, 0.3) is 0 Å². The lowest BCUT2D eigenvalue weighted by atomic mass is 10.4. The van der Waals surface area contributed by atoms with Crippen LogP contribution in [0.5, 0.6) is 0 Å². The highest BCUT2D eigenvalue weighted by atomic mass is 16.2. The summed E-state index contributed by atoms with van der Waals surface area (Å²) in [5, 5.41) is 6.91. The second-order valence-corrected chi connectivity index (χ2v) is 1.93. The second-order valence-electron chi connectivity index (χ2n) is 1.93. The normalized spacial score (nSPS) is 17.4. The molecule has 0 spiro atoms. The van der Waals surface area contributed by atoms with E-state index in [2.05, 4.69) is 10.2 Å². The van der Waals surface area contributed by atoms with Crippen molar-refractivity contribution in [3.8, 4) is 0 Å². The molecule has 0 atom stereocenters. The van der Waals surface area contributed by atoms with Gasteiger partial charge in [-0.25, -0.2) is 4.79 Å². The fourth-order valence-corrected chi connectivity index (χ4v) is 0.728. The van der Waals surface area contributed by atoms with Crippen molar-refractivity contribution in [3.63, 3.8) is 0 Å². The van der Waals surface area contributed by atoms with E-state index in [4.69, 9.17) is 0 Å². The molecule has 0 N–H and O–H groups in total. The number of hydrogen-bond donors (Lipinski definition) is 0. The number of rotatable bonds is 2. The molecule has 4 heteroatoms. The van der Waals surface area contributed by atoms with Crippen LogP contribution in [-0.4, -0.2) is 24.1 Å². The van der Waals surface area contributed by atoms with Crippen molar-refractivity contribution in [1.82, 2.24) is 4.90 Å². The summed E-state index contributed by atoms with van der Waals surface area (Å²) in [7, 11) is 0. The van der Waals surface area contributed by atoms with Crippen LogP contribution in [-0.2, 0) is 0 Å². The lowest BCUT2D eigenvalue weighted by Gasteiger charge is -2.08. The summed E-state index contributed by atoms with van der Waals surface area (Å²) < 4.78 is 0. The Balaban J connectivity index is 2.37. The summed E-state index contributed by atoms with van der Waals surface area (Å²) in [4.78, 5) is 12.2. The van der Waals surface area contributed by atoms with Gasteiger partial charge in [0, 0.05) is 6.54 Å². The summed E-state index contributed by atoms with van der Waals surface area (Å²) >= 11 is 0. The summed E-state index contributed by atoms with van der Waals surface area (Å²) in [6.07, 6.45) is 0.969. The third kappa shape index (κ3) is 1.25. The average molecular weight is 127 g/mol. The molecule has 0 aliphatic carbocycles. The van der Waals surface area contributed by atoms with Crippen LogP contribution in [0.4, 0.5) is 4.79 Å². The monoisotopic (exact) mass is 127 g/mol. The molecule has 50 valence electrons. The SMILES string of the molecule is CCCN1CN=NC1=O. The number of nitrogens with zero attached hydrogens (tertiary/aromatic N) is 3. The third-order valence-electron chi connectivity index (χ3n) is 1.15. The zero-order valence-corrected chi connectivity index (χ0v) is 5.37. The Morgan fingerprint density at radius 3 is 3.00 bits per heavy atom. The molecule has 1 rings (SSSR count). The minimum absolute atomic E-state index is 0.197. The number of amides is 2. The molecule has 0 saturated carbocycles. The van der Waals surface area contributed by atoms with Gasteiger partial charge in [0.05, 0.1) is 0 Å². The topological polar surface area (TPSA) is 45.0 Å². The minimum Gasteiger partial charge on any atom is -0.300 e. The molecular formula is C5H9N3O. The van der Waals surface area contributed by atoms with Crippen LogP contribution >= 0.6 is 0 Å². The maximum atomic E-state index is 10.6. The standard InChI is InChI=1S/C5H9N3O/c1-2-3-8-4-6-7-5(8)9/h2-4H2,1H3. The molecule has 0 aromatic carbocycles. The van der Waals surface area contributed by atoms with Crippen molar-refractivity contribution in [2.75, 3.05) is 13.2 Å². The van der Waals surface area contributed by atoms with E-state index in [0.29, 0.717) is 6.67 Å². The Bertz CT molecular complexity index is 143. The summed E-state index contributed by atoms with van der Waals surface area (Å²) in [5.41, 5.74) is 0. The highest BCUT2D eigenvalue weighted by molar-refractivity contribution is 5.75. The molecule has 2 amide bonds. The van der Waals surface area contributed by atoms with E-state index in [1.165, 1.54) is 0 Å². The predicted octanol–water partition coefficient (Wildman–Crippen LogP) is 1.24. The Hall–Kier alpha value is -0.930. The minimum atomic E-state index is -0.197. The second kappa shape index (κ2) is 2.57. The highest BCUT2D eigenvalue weighted by Crippen LogP contribution is 2.02. The number of urea groups is 1. The molecule has 9 heavy (non-hydrogen) atoms. The largest absolute Gasteiger partial charge is 0.363 e. The van der Waals surface area contributed by atoms with Crippen LogP contribution in [0.2, 0.25) is 0 Å². The lowest BCUT2D eigenvalue weighted by molar-refractivity contribution is 0.218. The van der Waals surface area contributed by atoms with Gasteiger partial charge in [0.1, 0.15) is 6.67 Å². The summed E-state index contributed by atoms with van der Waals surface area (Å²) in [6.45, 7) is 3.24. The Labute approximate surface area is 53.6 Å². The van der Waals surface area contributed by atoms with Gasteiger partial charge in [-0.1, -0.05) is 12.0 Å². The number of azo groups is 1. The van der Waals surface area contributed by atoms with Gasteiger partial charge in [-0.15, -0.1) is 0 Å². The van der Waals surface area contributed by atoms with Gasteiger partial charge in [-0.05, 0) is 6.42 Å². The third-order valence-corrected chi connectivity index (χ3v) is 1.15. The van der Waals surface area contributed by atoms with Crippen LogP contribution in [0.3, 0.4) is 0 Å². The highest BCUT2D eigenvalue weighted by Gasteiger charge is 2.15. The van der Waals surface area contributed by atoms with E-state index in [9.17, 15) is 4.79 Å². The van der Waals surface area contributed by atoms with Gasteiger partial charge in [-0.2, -0.15) is 5.11 Å². The molecular weight excluding hydrogens is 118 g/mol. The fraction of sp³-hybridized carbons (Fsp3) is 0.800. The summed E-state index contributed by atoms with van der Waals surface area (Å²) in [6, 6.07) is -0.197. The molecule has 0 aromatic rings. The van der Waals surface area contributed by atoms with E-state index in [-0.39, 0.29) is 6.03 Å². The molecule has 1 aliphatic heterocycles. The van der Waals surface area contributed by atoms with Gasteiger partial charge in [0.2, 0.25) is 0 Å². The van der Waals surface area contributed by atoms with E-state index in [1.807, 2.05) is 6.92 Å². The molecule has 1 aliphatic rings. The quantitative estimate of drug-likeness (QED) is 0.550. The van der Waals surface area contributed by atoms with Crippen molar-refractivity contribution in [1.29, 1.82) is 0 Å². The molecule has 0 fully saturated rings. The first-order chi connectivity index (χ1) is 4.34. The zero-order chi connectivity index (χ0) is 6.69. The molecule has 0 saturated heterocycles. The van der Waals surface area contributed by atoms with Crippen LogP contribution in [0.25, 0.3) is 0 Å². The van der Waals surface area contributed by atoms with Crippen molar-refractivity contribution >= 4 is 6.03 Å². The smallest absolute Gasteiger partial charge is 0.300 e. The molecule has 4 nitrogen and oxygen atoms in total. The maximum absolute atomic E-state index is 10.6. The number of carbonyl (C=O) groups is 1. The van der Waals surface area contributed by atoms with Crippen molar-refractivity contribution < 1.29 is 4.79 Å². The Morgan fingerprint density at radius 1 is 1.78 bits per heavy atom. The Morgan fingerprint density at radius 2 is 2.56 bits per heavy atom. The van der Waals surface area contributed by atoms with Gasteiger partial charge in [-0.3, -0.25) is 0 Å². The number of hydrogen-bond acceptors (Lipinski definition) is 2. The van der Waals surface area contributed by atoms with E-state index < -0.39 is 0 Å². The van der Waals surface area contributed by atoms with Crippen LogP contribution in [0, 0.1) is 0 Å². The zero-order valence-electron chi connectivity index (χ0n) is 5.37. The average Bonchev–Trinajstić information content (AvgIpc) is 2.18. The first kappa shape index (κ1) is 6.19. The molecule has 0 bridgehead atoms. The molecule has 0 aromatic heterocycles. The van der Waals surface area contributed by atoms with Crippen molar-refractivity contribution in [2.45, 2.75) is 13.3 Å². The van der Waals surface area contributed by atoms with Gasteiger partial charge < -0.3 is 4.90 Å².